The number of primary amides is 1. The molecule has 0 aromatic heterocycles. The summed E-state index contributed by atoms with van der Waals surface area (Å²) in [5, 5.41) is 13.1. The van der Waals surface area contributed by atoms with Gasteiger partial charge in [0.1, 0.15) is 35.8 Å². The Morgan fingerprint density at radius 1 is 0.900 bits per heavy atom. The fraction of sp³-hybridized carbons (Fsp3) is 0.595. The van der Waals surface area contributed by atoms with Crippen molar-refractivity contribution in [1.29, 1.82) is 0 Å². The predicted molar refractivity (Wildman–Crippen MR) is 224 cm³/mol. The van der Waals surface area contributed by atoms with Gasteiger partial charge in [-0.1, -0.05) is 44.2 Å². The van der Waals surface area contributed by atoms with Crippen LogP contribution in [0.2, 0.25) is 0 Å². The van der Waals surface area contributed by atoms with Gasteiger partial charge in [-0.05, 0) is 89.3 Å². The number of hydrogen-bond donors (Lipinski definition) is 7. The summed E-state index contributed by atoms with van der Waals surface area (Å²) in [5.74, 6) is -4.97. The zero-order valence-electron chi connectivity index (χ0n) is 35.7. The molecule has 1 aliphatic carbocycles. The first-order valence-electron chi connectivity index (χ1n) is 20.7. The molecule has 1 aromatic carbocycles. The summed E-state index contributed by atoms with van der Waals surface area (Å²) >= 11 is 0. The van der Waals surface area contributed by atoms with E-state index in [1.165, 1.54) is 4.90 Å². The van der Waals surface area contributed by atoms with Crippen molar-refractivity contribution < 1.29 is 43.1 Å². The van der Waals surface area contributed by atoms with Gasteiger partial charge in [-0.25, -0.2) is 0 Å². The Morgan fingerprint density at radius 3 is 2.25 bits per heavy atom. The van der Waals surface area contributed by atoms with Crippen molar-refractivity contribution in [3.05, 3.63) is 41.5 Å². The summed E-state index contributed by atoms with van der Waals surface area (Å²) in [6.07, 6.45) is 4.39. The fourth-order valence-electron chi connectivity index (χ4n) is 6.99. The zero-order valence-corrected chi connectivity index (χ0v) is 35.7. The number of nitrogens with zero attached hydrogens (tertiary/aromatic N) is 2. The number of amides is 7. The van der Waals surface area contributed by atoms with Crippen LogP contribution in [0.3, 0.4) is 0 Å². The van der Waals surface area contributed by atoms with Gasteiger partial charge in [0.05, 0.1) is 18.8 Å². The third kappa shape index (κ3) is 15.4. The molecule has 60 heavy (non-hydrogen) atoms. The normalized spacial score (nSPS) is 16.9. The molecular formula is C42H63N9O9. The number of nitrogens with one attached hydrogen (secondary N) is 5. The van der Waals surface area contributed by atoms with Gasteiger partial charge in [0.25, 0.3) is 0 Å². The minimum absolute atomic E-state index is 0.0236. The number of carbonyl (C=O) groups excluding carboxylic acids is 8. The van der Waals surface area contributed by atoms with Gasteiger partial charge in [-0.15, -0.1) is 0 Å². The second-order valence-electron chi connectivity index (χ2n) is 16.1. The van der Waals surface area contributed by atoms with E-state index in [9.17, 15) is 38.4 Å². The van der Waals surface area contributed by atoms with E-state index in [4.69, 9.17) is 16.2 Å². The van der Waals surface area contributed by atoms with Crippen LogP contribution in [-0.2, 0) is 49.5 Å². The molecule has 1 aromatic rings. The Bertz CT molecular complexity index is 1800. The van der Waals surface area contributed by atoms with Crippen molar-refractivity contribution in [3.8, 4) is 0 Å². The van der Waals surface area contributed by atoms with Gasteiger partial charge in [0.2, 0.25) is 41.4 Å². The lowest BCUT2D eigenvalue weighted by Crippen LogP contribution is -2.58. The molecule has 5 atom stereocenters. The van der Waals surface area contributed by atoms with Crippen LogP contribution in [-0.4, -0.2) is 113 Å². The smallest absolute Gasteiger partial charge is 0.308 e. The molecule has 18 nitrogen and oxygen atoms in total. The van der Waals surface area contributed by atoms with Crippen molar-refractivity contribution in [1.82, 2.24) is 31.5 Å². The highest BCUT2D eigenvalue weighted by molar-refractivity contribution is 5.98. The average molecular weight is 838 g/mol. The molecule has 1 aliphatic heterocycles. The number of benzene rings is 1. The van der Waals surface area contributed by atoms with Crippen molar-refractivity contribution >= 4 is 58.7 Å². The molecule has 2 aliphatic rings. The van der Waals surface area contributed by atoms with Crippen molar-refractivity contribution in [2.24, 2.45) is 16.5 Å². The van der Waals surface area contributed by atoms with Crippen LogP contribution in [0.5, 0.6) is 0 Å². The van der Waals surface area contributed by atoms with Gasteiger partial charge < -0.3 is 47.7 Å². The Hall–Kier alpha value is -5.81. The zero-order chi connectivity index (χ0) is 44.6. The van der Waals surface area contributed by atoms with Crippen molar-refractivity contribution in [3.63, 3.8) is 0 Å². The number of aliphatic imine (C=N–C) groups is 1. The average Bonchev–Trinajstić information content (AvgIpc) is 3.83. The largest absolute Gasteiger partial charge is 0.460 e. The second kappa shape index (κ2) is 23.1. The van der Waals surface area contributed by atoms with E-state index in [0.29, 0.717) is 44.5 Å². The number of nitrogens with two attached hydrogens (primary N) is 2. The molecule has 2 unspecified atom stereocenters. The van der Waals surface area contributed by atoms with E-state index in [1.54, 1.807) is 34.6 Å². The third-order valence-electron chi connectivity index (χ3n) is 9.88. The molecule has 9 N–H and O–H groups in total. The Kier molecular flexibility index (Phi) is 18.7. The number of likely N-dealkylation sites (tertiary alicyclic amines) is 1. The number of esters is 1. The van der Waals surface area contributed by atoms with Gasteiger partial charge in [0, 0.05) is 25.9 Å². The summed E-state index contributed by atoms with van der Waals surface area (Å²) < 4.78 is 5.47. The third-order valence-corrected chi connectivity index (χ3v) is 9.88. The molecule has 1 saturated heterocycles. The first-order valence-corrected chi connectivity index (χ1v) is 20.7. The number of fused-ring (bicyclic) bond motifs is 1. The highest BCUT2D eigenvalue weighted by atomic mass is 16.6. The number of ether oxygens (including phenoxy) is 1. The van der Waals surface area contributed by atoms with Crippen molar-refractivity contribution in [2.45, 2.75) is 142 Å². The fourth-order valence-corrected chi connectivity index (χ4v) is 6.99. The molecule has 1 heterocycles. The molecule has 330 valence electrons. The number of amidine groups is 1. The van der Waals surface area contributed by atoms with E-state index < -0.39 is 90.2 Å². The highest BCUT2D eigenvalue weighted by Crippen LogP contribution is 2.31. The summed E-state index contributed by atoms with van der Waals surface area (Å²) in [7, 11) is 0. The first-order chi connectivity index (χ1) is 28.3. The van der Waals surface area contributed by atoms with Gasteiger partial charge in [0.15, 0.2) is 0 Å². The van der Waals surface area contributed by atoms with E-state index >= 15 is 0 Å². The van der Waals surface area contributed by atoms with Crippen molar-refractivity contribution in [2.75, 3.05) is 19.6 Å². The van der Waals surface area contributed by atoms with E-state index in [1.807, 2.05) is 37.3 Å². The summed E-state index contributed by atoms with van der Waals surface area (Å²) in [4.78, 5) is 112. The summed E-state index contributed by atoms with van der Waals surface area (Å²) in [6.45, 7) is 9.99. The molecule has 0 radical (unpaired) electrons. The molecular weight excluding hydrogens is 775 g/mol. The Morgan fingerprint density at radius 2 is 1.60 bits per heavy atom. The number of allylic oxidation sites excluding steroid dienone is 1. The second-order valence-corrected chi connectivity index (χ2v) is 16.1. The highest BCUT2D eigenvalue weighted by Gasteiger charge is 2.40. The molecule has 7 amide bonds. The quantitative estimate of drug-likeness (QED) is 0.0371. The Labute approximate surface area is 351 Å². The molecule has 0 saturated carbocycles. The van der Waals surface area contributed by atoms with Crippen LogP contribution in [0, 0.1) is 0 Å². The minimum Gasteiger partial charge on any atom is -0.460 e. The van der Waals surface area contributed by atoms with Gasteiger partial charge in [-0.3, -0.25) is 43.3 Å². The van der Waals surface area contributed by atoms with Crippen LogP contribution in [0.4, 0.5) is 0 Å². The van der Waals surface area contributed by atoms with Crippen LogP contribution < -0.4 is 38.1 Å². The molecule has 3 rings (SSSR count). The molecule has 1 fully saturated rings. The molecule has 0 bridgehead atoms. The number of hydrogen-bond acceptors (Lipinski definition) is 10. The monoisotopic (exact) mass is 837 g/mol. The Balaban J connectivity index is 1.86. The van der Waals surface area contributed by atoms with Crippen LogP contribution >= 0.6 is 0 Å². The lowest BCUT2D eigenvalue weighted by Gasteiger charge is -2.31. The summed E-state index contributed by atoms with van der Waals surface area (Å²) in [5.41, 5.74) is 12.9. The first kappa shape index (κ1) is 48.6. The topological polar surface area (TPSA) is 274 Å². The maximum Gasteiger partial charge on any atom is 0.308 e. The van der Waals surface area contributed by atoms with Crippen LogP contribution in [0.15, 0.2) is 35.3 Å². The number of rotatable bonds is 22. The van der Waals surface area contributed by atoms with E-state index in [0.717, 1.165) is 16.7 Å². The molecule has 18 heteroatoms. The lowest BCUT2D eigenvalue weighted by atomic mass is 9.98. The summed E-state index contributed by atoms with van der Waals surface area (Å²) in [6, 6.07) is 1.97. The van der Waals surface area contributed by atoms with Gasteiger partial charge >= 0.3 is 5.97 Å². The lowest BCUT2D eigenvalue weighted by molar-refractivity contribution is -0.156. The standard InChI is InChI=1S/C42H63N9O9/c1-7-13-34(52)47-30(16-11-20-45-25(3)43)38(56)46-24-35(53)48-31(23-36(54)60-42(4,5)6)39(57)50-32(22-27-19-18-26-14-9-10-15-28(26)27)41(59)51-21-12-17-33(51)40(58)49-29(8-2)37(44)55/h9-10,14-15,19,29-33H,7-8,11-13,16-18,20-24H2,1-6H3,(H2,43,45)(H2,44,55)(H,46,56)(H,47,52)(H,48,53)(H,49,58)(H,50,57)/t29-,30-,31-,32?,33?/m0/s1. The maximum absolute atomic E-state index is 14.5. The SMILES string of the molecule is CCCC(=O)N[C@@H](CCCN=C(C)N)C(=O)NCC(=O)N[C@@H](CC(=O)OC(C)(C)C)C(=O)NC(CC1=CCc2ccccc21)C(=O)N1CCCC1C(=O)N[C@@H](CC)C(N)=O. The number of carbonyl (C=O) groups is 8. The minimum atomic E-state index is -1.56. The van der Waals surface area contributed by atoms with E-state index in [-0.39, 0.29) is 38.1 Å². The van der Waals surface area contributed by atoms with Crippen LogP contribution in [0.1, 0.15) is 110 Å². The predicted octanol–water partition coefficient (Wildman–Crippen LogP) is 0.647. The van der Waals surface area contributed by atoms with Crippen LogP contribution in [0.25, 0.3) is 5.57 Å². The van der Waals surface area contributed by atoms with Gasteiger partial charge in [-0.2, -0.15) is 0 Å². The van der Waals surface area contributed by atoms with E-state index in [2.05, 4.69) is 31.6 Å². The maximum atomic E-state index is 14.5. The molecule has 0 spiro atoms.